The average molecular weight is 526 g/mol. The number of aliphatic hydroxyl groups is 1. The van der Waals surface area contributed by atoms with Crippen LogP contribution in [0.15, 0.2) is 40.8 Å². The highest BCUT2D eigenvalue weighted by Gasteiger charge is 2.33. The van der Waals surface area contributed by atoms with Crippen molar-refractivity contribution in [3.05, 3.63) is 76.6 Å². The van der Waals surface area contributed by atoms with E-state index < -0.39 is 65.0 Å². The zero-order chi connectivity index (χ0) is 27.1. The number of methoxy groups -OCH3 is 1. The number of hydrogen-bond acceptors (Lipinski definition) is 7. The molecule has 0 radical (unpaired) electrons. The Bertz CT molecular complexity index is 1480. The Labute approximate surface area is 203 Å². The molecule has 0 saturated heterocycles. The lowest BCUT2D eigenvalue weighted by Gasteiger charge is -2.11. The number of oxazole rings is 1. The molecular weight excluding hydrogens is 510 g/mol. The van der Waals surface area contributed by atoms with E-state index in [1.54, 1.807) is 0 Å². The minimum Gasteiger partial charge on any atom is -0.494 e. The van der Waals surface area contributed by atoms with Crippen LogP contribution in [-0.4, -0.2) is 28.1 Å². The summed E-state index contributed by atoms with van der Waals surface area (Å²) in [6, 6.07) is 5.37. The highest BCUT2D eigenvalue weighted by atomic mass is 19.4. The van der Waals surface area contributed by atoms with Gasteiger partial charge < -0.3 is 19.6 Å². The molecule has 8 nitrogen and oxygen atoms in total. The highest BCUT2D eigenvalue weighted by Crippen LogP contribution is 2.37. The molecule has 14 heteroatoms. The summed E-state index contributed by atoms with van der Waals surface area (Å²) in [6.07, 6.45) is -6.59. The number of ether oxygens (including phenoxy) is 1. The van der Waals surface area contributed by atoms with E-state index in [1.807, 2.05) is 0 Å². The Hall–Kier alpha value is -4.17. The number of nitrogens with zero attached hydrogens (tertiary/aromatic N) is 2. The molecule has 0 unspecified atom stereocenters. The van der Waals surface area contributed by atoms with Crippen molar-refractivity contribution in [3.8, 4) is 17.2 Å². The predicted octanol–water partition coefficient (Wildman–Crippen LogP) is 4.21. The average Bonchev–Trinajstić information content (AvgIpc) is 3.27. The smallest absolute Gasteiger partial charge is 0.433 e. The number of rotatable bonds is 6. The van der Waals surface area contributed by atoms with Crippen LogP contribution in [0.5, 0.6) is 5.75 Å². The fourth-order valence-corrected chi connectivity index (χ4v) is 3.50. The van der Waals surface area contributed by atoms with E-state index in [4.69, 9.17) is 14.9 Å². The molecule has 0 spiro atoms. The number of carbonyl (C=O) groups excluding carboxylic acids is 1. The maximum Gasteiger partial charge on any atom is 0.433 e. The third-order valence-electron chi connectivity index (χ3n) is 5.23. The zero-order valence-electron chi connectivity index (χ0n) is 18.7. The fourth-order valence-electron chi connectivity index (χ4n) is 3.50. The molecule has 2 heterocycles. The monoisotopic (exact) mass is 526 g/mol. The van der Waals surface area contributed by atoms with Crippen LogP contribution in [0.1, 0.15) is 33.7 Å². The van der Waals surface area contributed by atoms with Gasteiger partial charge in [0, 0.05) is 35.2 Å². The Morgan fingerprint density at radius 1 is 1.14 bits per heavy atom. The number of pyridine rings is 1. The fraction of sp³-hybridized carbons (Fsp3) is 0.174. The first-order valence-electron chi connectivity index (χ1n) is 10.3. The first-order chi connectivity index (χ1) is 17.4. The van der Waals surface area contributed by atoms with Gasteiger partial charge >= 0.3 is 6.18 Å². The standard InChI is InChI=1S/C23H16F6N4O4/c1-36-15-4-2-11(10-3-5-16(23(27,28)29)32-17(10)15)22-33-18(19(37-22)20(30)34)21(35)31-8-12-13(25)6-9(24)7-14(12)26/h2-7,20,34H,8,30H2,1H3,(H,31,35)/t20-/m0/s1. The van der Waals surface area contributed by atoms with Gasteiger partial charge in [-0.3, -0.25) is 10.5 Å². The number of nitrogens with one attached hydrogen (secondary N) is 1. The first kappa shape index (κ1) is 25.9. The number of benzene rings is 2. The van der Waals surface area contributed by atoms with Crippen molar-refractivity contribution in [1.29, 1.82) is 0 Å². The molecule has 0 fully saturated rings. The summed E-state index contributed by atoms with van der Waals surface area (Å²) >= 11 is 0. The van der Waals surface area contributed by atoms with Crippen LogP contribution in [0.2, 0.25) is 0 Å². The van der Waals surface area contributed by atoms with Gasteiger partial charge in [0.2, 0.25) is 5.89 Å². The van der Waals surface area contributed by atoms with Crippen LogP contribution in [-0.2, 0) is 12.7 Å². The van der Waals surface area contributed by atoms with E-state index in [9.17, 15) is 36.2 Å². The molecule has 37 heavy (non-hydrogen) atoms. The van der Waals surface area contributed by atoms with Gasteiger partial charge in [0.1, 0.15) is 34.4 Å². The number of alkyl halides is 3. The minimum absolute atomic E-state index is 0.0109. The van der Waals surface area contributed by atoms with E-state index >= 15 is 0 Å². The van der Waals surface area contributed by atoms with Crippen LogP contribution < -0.4 is 15.8 Å². The lowest BCUT2D eigenvalue weighted by atomic mass is 10.1. The normalized spacial score (nSPS) is 12.6. The van der Waals surface area contributed by atoms with Crippen molar-refractivity contribution in [2.45, 2.75) is 18.9 Å². The topological polar surface area (TPSA) is 124 Å². The molecule has 2 aromatic carbocycles. The maximum absolute atomic E-state index is 13.9. The molecule has 0 aliphatic carbocycles. The number of aromatic nitrogens is 2. The van der Waals surface area contributed by atoms with Crippen LogP contribution in [0.4, 0.5) is 26.3 Å². The molecule has 4 rings (SSSR count). The SMILES string of the molecule is COc1ccc(-c2nc(C(=O)NCc3c(F)cc(F)cc3F)c([C@@H](N)O)o2)c2ccc(C(F)(F)F)nc12. The molecular formula is C23H16F6N4O4. The Morgan fingerprint density at radius 3 is 2.41 bits per heavy atom. The van der Waals surface area contributed by atoms with E-state index in [0.717, 1.165) is 12.1 Å². The van der Waals surface area contributed by atoms with Crippen molar-refractivity contribution in [2.75, 3.05) is 7.11 Å². The molecule has 4 aromatic rings. The number of aliphatic hydroxyl groups excluding tert-OH is 1. The van der Waals surface area contributed by atoms with Gasteiger partial charge in [-0.2, -0.15) is 13.2 Å². The molecule has 1 amide bonds. The molecule has 0 aliphatic rings. The molecule has 1 atom stereocenters. The largest absolute Gasteiger partial charge is 0.494 e. The van der Waals surface area contributed by atoms with Crippen LogP contribution in [0.25, 0.3) is 22.4 Å². The van der Waals surface area contributed by atoms with E-state index in [1.165, 1.54) is 19.2 Å². The Morgan fingerprint density at radius 2 is 1.81 bits per heavy atom. The molecule has 194 valence electrons. The summed E-state index contributed by atoms with van der Waals surface area (Å²) in [5.41, 5.74) is 2.98. The second-order valence-corrected chi connectivity index (χ2v) is 7.61. The van der Waals surface area contributed by atoms with Crippen LogP contribution in [0.3, 0.4) is 0 Å². The van der Waals surface area contributed by atoms with Crippen molar-refractivity contribution >= 4 is 16.8 Å². The van der Waals surface area contributed by atoms with Crippen molar-refractivity contribution in [1.82, 2.24) is 15.3 Å². The Kier molecular flexibility index (Phi) is 6.80. The summed E-state index contributed by atoms with van der Waals surface area (Å²) in [5.74, 6) is -5.54. The molecule has 0 bridgehead atoms. The maximum atomic E-state index is 13.9. The number of nitrogens with two attached hydrogens (primary N) is 1. The minimum atomic E-state index is -4.73. The van der Waals surface area contributed by atoms with Crippen LogP contribution >= 0.6 is 0 Å². The van der Waals surface area contributed by atoms with Gasteiger partial charge in [-0.25, -0.2) is 23.1 Å². The van der Waals surface area contributed by atoms with Crippen molar-refractivity contribution < 1.29 is 45.4 Å². The van der Waals surface area contributed by atoms with Crippen molar-refractivity contribution in [2.24, 2.45) is 5.73 Å². The van der Waals surface area contributed by atoms with E-state index in [0.29, 0.717) is 12.1 Å². The Balaban J connectivity index is 1.74. The number of amides is 1. The lowest BCUT2D eigenvalue weighted by Crippen LogP contribution is -2.26. The van der Waals surface area contributed by atoms with Crippen LogP contribution in [0, 0.1) is 17.5 Å². The van der Waals surface area contributed by atoms with Crippen molar-refractivity contribution in [3.63, 3.8) is 0 Å². The third kappa shape index (κ3) is 5.06. The number of halogens is 6. The summed E-state index contributed by atoms with van der Waals surface area (Å²) in [7, 11) is 1.24. The molecule has 2 aromatic heterocycles. The number of carbonyl (C=O) groups is 1. The van der Waals surface area contributed by atoms with Gasteiger partial charge in [-0.15, -0.1) is 0 Å². The highest BCUT2D eigenvalue weighted by molar-refractivity contribution is 5.98. The van der Waals surface area contributed by atoms with Gasteiger partial charge in [0.05, 0.1) is 7.11 Å². The van der Waals surface area contributed by atoms with Gasteiger partial charge in [-0.1, -0.05) is 0 Å². The molecule has 4 N–H and O–H groups in total. The second kappa shape index (κ2) is 9.71. The third-order valence-corrected chi connectivity index (χ3v) is 5.23. The molecule has 0 saturated carbocycles. The molecule has 0 aliphatic heterocycles. The summed E-state index contributed by atoms with van der Waals surface area (Å²) in [5, 5.41) is 12.2. The van der Waals surface area contributed by atoms with E-state index in [2.05, 4.69) is 15.3 Å². The zero-order valence-corrected chi connectivity index (χ0v) is 18.7. The summed E-state index contributed by atoms with van der Waals surface area (Å²) in [6.45, 7) is -0.714. The second-order valence-electron chi connectivity index (χ2n) is 7.61. The number of hydrogen-bond donors (Lipinski definition) is 3. The van der Waals surface area contributed by atoms with Gasteiger partial charge in [0.15, 0.2) is 17.7 Å². The summed E-state index contributed by atoms with van der Waals surface area (Å²) in [4.78, 5) is 20.3. The number of fused-ring (bicyclic) bond motifs is 1. The predicted molar refractivity (Wildman–Crippen MR) is 115 cm³/mol. The first-order valence-corrected chi connectivity index (χ1v) is 10.3. The van der Waals surface area contributed by atoms with Gasteiger partial charge in [-0.05, 0) is 24.3 Å². The van der Waals surface area contributed by atoms with E-state index in [-0.39, 0.29) is 28.1 Å². The quantitative estimate of drug-likeness (QED) is 0.254. The summed E-state index contributed by atoms with van der Waals surface area (Å²) < 4.78 is 91.0. The lowest BCUT2D eigenvalue weighted by molar-refractivity contribution is -0.140. The van der Waals surface area contributed by atoms with Gasteiger partial charge in [0.25, 0.3) is 5.91 Å².